The average Bonchev–Trinajstić information content (AvgIpc) is 2.58. The molecule has 25 heavy (non-hydrogen) atoms. The summed E-state index contributed by atoms with van der Waals surface area (Å²) in [6.07, 6.45) is -4.85. The lowest BCUT2D eigenvalue weighted by Gasteiger charge is -2.33. The van der Waals surface area contributed by atoms with Crippen molar-refractivity contribution in [3.63, 3.8) is 0 Å². The van der Waals surface area contributed by atoms with Gasteiger partial charge in [-0.25, -0.2) is 8.78 Å². The first kappa shape index (κ1) is 19.5. The van der Waals surface area contributed by atoms with Crippen molar-refractivity contribution in [2.75, 3.05) is 20.4 Å². The van der Waals surface area contributed by atoms with E-state index in [1.807, 2.05) is 0 Å². The zero-order chi connectivity index (χ0) is 19.0. The summed E-state index contributed by atoms with van der Waals surface area (Å²) >= 11 is 4.97. The third-order valence-electron chi connectivity index (χ3n) is 3.63. The second-order valence-electron chi connectivity index (χ2n) is 5.35. The molecule has 2 nitrogen and oxygen atoms in total. The molecule has 0 atom stereocenters. The van der Waals surface area contributed by atoms with E-state index in [0.717, 1.165) is 12.1 Å². The lowest BCUT2D eigenvalue weighted by atomic mass is 9.91. The predicted molar refractivity (Wildman–Crippen MR) is 81.3 cm³/mol. The SMILES string of the molecule is CNC(=S)C1=CC(CF)(CF)Oc2ccc(C(F)(F)C(F)(F)F)cc21. The van der Waals surface area contributed by atoms with E-state index in [1.165, 1.54) is 7.05 Å². The van der Waals surface area contributed by atoms with Gasteiger partial charge in [0.25, 0.3) is 0 Å². The van der Waals surface area contributed by atoms with Crippen molar-refractivity contribution in [2.24, 2.45) is 0 Å². The molecule has 0 saturated carbocycles. The molecule has 1 aromatic rings. The van der Waals surface area contributed by atoms with Crippen LogP contribution in [0.5, 0.6) is 5.75 Å². The van der Waals surface area contributed by atoms with Gasteiger partial charge in [-0.2, -0.15) is 22.0 Å². The van der Waals surface area contributed by atoms with E-state index < -0.39 is 36.6 Å². The van der Waals surface area contributed by atoms with E-state index in [0.29, 0.717) is 12.1 Å². The number of hydrogen-bond acceptors (Lipinski definition) is 2. The highest BCUT2D eigenvalue weighted by molar-refractivity contribution is 7.81. The smallest absolute Gasteiger partial charge is 0.458 e. The number of nitrogens with one attached hydrogen (secondary N) is 1. The molecule has 0 spiro atoms. The predicted octanol–water partition coefficient (Wildman–Crippen LogP) is 4.34. The minimum absolute atomic E-state index is 0.0803. The minimum atomic E-state index is -5.80. The van der Waals surface area contributed by atoms with Crippen molar-refractivity contribution >= 4 is 22.8 Å². The fourth-order valence-electron chi connectivity index (χ4n) is 2.27. The highest BCUT2D eigenvalue weighted by Crippen LogP contribution is 2.46. The highest BCUT2D eigenvalue weighted by atomic mass is 32.1. The minimum Gasteiger partial charge on any atom is -0.477 e. The van der Waals surface area contributed by atoms with Crippen LogP contribution in [0.2, 0.25) is 0 Å². The summed E-state index contributed by atoms with van der Waals surface area (Å²) in [6, 6.07) is 1.87. The van der Waals surface area contributed by atoms with E-state index >= 15 is 0 Å². The van der Waals surface area contributed by atoms with Crippen molar-refractivity contribution in [3.05, 3.63) is 35.4 Å². The van der Waals surface area contributed by atoms with Crippen LogP contribution in [-0.4, -0.2) is 37.2 Å². The molecule has 0 fully saturated rings. The Morgan fingerprint density at radius 1 is 1.16 bits per heavy atom. The van der Waals surface area contributed by atoms with Crippen LogP contribution in [0.25, 0.3) is 5.57 Å². The third-order valence-corrected chi connectivity index (χ3v) is 4.06. The number of rotatable bonds is 4. The van der Waals surface area contributed by atoms with Gasteiger partial charge in [0.1, 0.15) is 24.1 Å². The average molecular weight is 387 g/mol. The molecule has 0 unspecified atom stereocenters. The number of alkyl halides is 7. The molecule has 0 bridgehead atoms. The Labute approximate surface area is 143 Å². The molecule has 1 heterocycles. The maximum absolute atomic E-state index is 13.6. The maximum atomic E-state index is 13.6. The number of likely N-dealkylation sites (N-methyl/N-ethyl adjacent to an activating group) is 1. The number of benzene rings is 1. The highest BCUT2D eigenvalue weighted by Gasteiger charge is 2.59. The van der Waals surface area contributed by atoms with Crippen LogP contribution >= 0.6 is 12.2 Å². The normalized spacial score (nSPS) is 16.6. The van der Waals surface area contributed by atoms with Gasteiger partial charge < -0.3 is 10.1 Å². The Bertz CT molecular complexity index is 710. The van der Waals surface area contributed by atoms with Gasteiger partial charge in [-0.05, 0) is 24.3 Å². The molecule has 138 valence electrons. The topological polar surface area (TPSA) is 21.3 Å². The summed E-state index contributed by atoms with van der Waals surface area (Å²) in [5, 5.41) is 2.50. The summed E-state index contributed by atoms with van der Waals surface area (Å²) < 4.78 is 96.5. The van der Waals surface area contributed by atoms with Crippen LogP contribution in [0.3, 0.4) is 0 Å². The summed E-state index contributed by atoms with van der Waals surface area (Å²) in [4.78, 5) is -0.0803. The zero-order valence-corrected chi connectivity index (χ0v) is 13.5. The Balaban J connectivity index is 2.64. The van der Waals surface area contributed by atoms with Crippen LogP contribution in [0.4, 0.5) is 30.7 Å². The molecule has 1 aliphatic rings. The number of fused-ring (bicyclic) bond motifs is 1. The van der Waals surface area contributed by atoms with Gasteiger partial charge in [-0.15, -0.1) is 0 Å². The molecule has 0 aromatic heterocycles. The van der Waals surface area contributed by atoms with E-state index in [-0.39, 0.29) is 21.9 Å². The van der Waals surface area contributed by atoms with Crippen LogP contribution < -0.4 is 10.1 Å². The number of hydrogen-bond donors (Lipinski definition) is 1. The fraction of sp³-hybridized carbons (Fsp3) is 0.400. The van der Waals surface area contributed by atoms with Gasteiger partial charge in [0.2, 0.25) is 0 Å². The molecule has 1 aliphatic heterocycles. The standard InChI is InChI=1S/C15H12F7NOS/c1-23-12(25)10-5-13(6-16,7-17)24-11-3-2-8(4-9(10)11)14(18,19)15(20,21)22/h2-5H,6-7H2,1H3,(H,23,25). The molecule has 2 rings (SSSR count). The lowest BCUT2D eigenvalue weighted by Crippen LogP contribution is -2.42. The summed E-state index contributed by atoms with van der Waals surface area (Å²) in [6.45, 7) is -2.56. The summed E-state index contributed by atoms with van der Waals surface area (Å²) in [5.74, 6) is -5.35. The monoisotopic (exact) mass is 387 g/mol. The first-order chi connectivity index (χ1) is 11.5. The number of ether oxygens (including phenoxy) is 1. The Morgan fingerprint density at radius 2 is 1.76 bits per heavy atom. The fourth-order valence-corrected chi connectivity index (χ4v) is 2.44. The zero-order valence-electron chi connectivity index (χ0n) is 12.7. The summed E-state index contributed by atoms with van der Waals surface area (Å²) in [7, 11) is 1.37. The molecule has 10 heteroatoms. The van der Waals surface area contributed by atoms with E-state index in [4.69, 9.17) is 17.0 Å². The second kappa shape index (κ2) is 6.47. The van der Waals surface area contributed by atoms with E-state index in [2.05, 4.69) is 5.32 Å². The van der Waals surface area contributed by atoms with Crippen LogP contribution in [0, 0.1) is 0 Å². The van der Waals surface area contributed by atoms with E-state index in [9.17, 15) is 30.7 Å². The molecule has 1 aromatic carbocycles. The molecule has 0 saturated heterocycles. The van der Waals surface area contributed by atoms with Crippen molar-refractivity contribution in [1.29, 1.82) is 0 Å². The Hall–Kier alpha value is -1.84. The van der Waals surface area contributed by atoms with Crippen LogP contribution in [0.1, 0.15) is 11.1 Å². The van der Waals surface area contributed by atoms with Crippen molar-refractivity contribution in [2.45, 2.75) is 17.7 Å². The van der Waals surface area contributed by atoms with Crippen LogP contribution in [-0.2, 0) is 5.92 Å². The van der Waals surface area contributed by atoms with E-state index in [1.54, 1.807) is 0 Å². The largest absolute Gasteiger partial charge is 0.477 e. The molecule has 0 radical (unpaired) electrons. The summed E-state index contributed by atoms with van der Waals surface area (Å²) in [5.41, 5.74) is -3.65. The van der Waals surface area contributed by atoms with Gasteiger partial charge >= 0.3 is 12.1 Å². The first-order valence-electron chi connectivity index (χ1n) is 6.86. The molecular formula is C15H12F7NOS. The van der Waals surface area contributed by atoms with Gasteiger partial charge in [0.05, 0.1) is 0 Å². The van der Waals surface area contributed by atoms with Gasteiger partial charge in [0, 0.05) is 23.7 Å². The van der Waals surface area contributed by atoms with Crippen molar-refractivity contribution in [3.8, 4) is 5.75 Å². The maximum Gasteiger partial charge on any atom is 0.458 e. The van der Waals surface area contributed by atoms with Crippen LogP contribution in [0.15, 0.2) is 24.3 Å². The van der Waals surface area contributed by atoms with Gasteiger partial charge in [-0.1, -0.05) is 12.2 Å². The molecule has 0 amide bonds. The lowest BCUT2D eigenvalue weighted by molar-refractivity contribution is -0.289. The van der Waals surface area contributed by atoms with Gasteiger partial charge in [0.15, 0.2) is 5.60 Å². The van der Waals surface area contributed by atoms with Gasteiger partial charge in [-0.3, -0.25) is 0 Å². The Morgan fingerprint density at radius 3 is 2.24 bits per heavy atom. The number of thiocarbonyl (C=S) groups is 1. The molecular weight excluding hydrogens is 375 g/mol. The molecule has 1 N–H and O–H groups in total. The van der Waals surface area contributed by atoms with Crippen molar-refractivity contribution in [1.82, 2.24) is 5.32 Å². The first-order valence-corrected chi connectivity index (χ1v) is 7.27. The third kappa shape index (κ3) is 3.31. The Kier molecular flexibility index (Phi) is 5.04. The molecule has 0 aliphatic carbocycles. The van der Waals surface area contributed by atoms with Crippen molar-refractivity contribution < 1.29 is 35.5 Å². The second-order valence-corrected chi connectivity index (χ2v) is 5.76. The quantitative estimate of drug-likeness (QED) is 0.614. The number of halogens is 7.